The molecule has 1 aromatic heterocycles. The fourth-order valence-electron chi connectivity index (χ4n) is 0.868. The number of hydrogen-bond donors (Lipinski definition) is 1. The van der Waals surface area contributed by atoms with Crippen LogP contribution < -0.4 is 0 Å². The van der Waals surface area contributed by atoms with Gasteiger partial charge < -0.3 is 14.2 Å². The maximum Gasteiger partial charge on any atom is 0.363 e. The van der Waals surface area contributed by atoms with Crippen LogP contribution in [-0.2, 0) is 13.6 Å². The van der Waals surface area contributed by atoms with Crippen LogP contribution in [0.3, 0.4) is 0 Å². The average molecular weight is 222 g/mol. The Balaban J connectivity index is 2.89. The molecular weight excluding hydrogens is 211 g/mol. The lowest BCUT2D eigenvalue weighted by atomic mass is 10.5. The quantitative estimate of drug-likeness (QED) is 0.793. The molecule has 1 rings (SSSR count). The third-order valence-corrected chi connectivity index (χ3v) is 4.60. The highest BCUT2D eigenvalue weighted by molar-refractivity contribution is 7.54. The van der Waals surface area contributed by atoms with E-state index in [0.717, 1.165) is 0 Å². The van der Waals surface area contributed by atoms with Gasteiger partial charge in [0.05, 0.1) is 0 Å². The van der Waals surface area contributed by atoms with Crippen molar-refractivity contribution in [3.8, 4) is 0 Å². The molecular formula is C7H11O4PS. The van der Waals surface area contributed by atoms with E-state index in [0.29, 0.717) is 4.88 Å². The van der Waals surface area contributed by atoms with Crippen molar-refractivity contribution in [2.24, 2.45) is 0 Å². The van der Waals surface area contributed by atoms with Gasteiger partial charge in [0.15, 0.2) is 5.85 Å². The molecule has 0 aliphatic heterocycles. The molecule has 0 saturated carbocycles. The summed E-state index contributed by atoms with van der Waals surface area (Å²) in [6.07, 6.45) is 0. The Morgan fingerprint density at radius 3 is 2.54 bits per heavy atom. The van der Waals surface area contributed by atoms with E-state index in [1.54, 1.807) is 17.5 Å². The Bertz CT molecular complexity index is 289. The van der Waals surface area contributed by atoms with Crippen molar-refractivity contribution < 1.29 is 18.7 Å². The third-order valence-electron chi connectivity index (χ3n) is 1.61. The first-order valence-electron chi connectivity index (χ1n) is 3.56. The zero-order chi connectivity index (χ0) is 9.90. The molecule has 0 bridgehead atoms. The lowest BCUT2D eigenvalue weighted by Gasteiger charge is -2.18. The van der Waals surface area contributed by atoms with Crippen molar-refractivity contribution in [1.82, 2.24) is 0 Å². The van der Waals surface area contributed by atoms with Crippen LogP contribution in [-0.4, -0.2) is 19.3 Å². The molecule has 4 nitrogen and oxygen atoms in total. The molecule has 13 heavy (non-hydrogen) atoms. The smallest absolute Gasteiger partial charge is 0.363 e. The second-order valence-electron chi connectivity index (χ2n) is 2.29. The van der Waals surface area contributed by atoms with Crippen molar-refractivity contribution in [2.75, 3.05) is 14.2 Å². The number of aliphatic hydroxyl groups is 1. The minimum absolute atomic E-state index is 0.576. The SMILES string of the molecule is COP(=O)(OC)[C@H](O)c1cccs1. The summed E-state index contributed by atoms with van der Waals surface area (Å²) in [5.41, 5.74) is 0. The van der Waals surface area contributed by atoms with Crippen molar-refractivity contribution in [1.29, 1.82) is 0 Å². The Morgan fingerprint density at radius 1 is 1.54 bits per heavy atom. The molecule has 1 aromatic rings. The standard InChI is InChI=1S/C7H11O4PS/c1-10-12(9,11-2)7(8)6-4-3-5-13-6/h3-5,7-8H,1-2H3/t7-/m0/s1. The van der Waals surface area contributed by atoms with Crippen LogP contribution in [0.25, 0.3) is 0 Å². The van der Waals surface area contributed by atoms with Crippen LogP contribution in [0.2, 0.25) is 0 Å². The van der Waals surface area contributed by atoms with Crippen molar-refractivity contribution in [3.05, 3.63) is 22.4 Å². The van der Waals surface area contributed by atoms with Crippen LogP contribution in [0.5, 0.6) is 0 Å². The van der Waals surface area contributed by atoms with Gasteiger partial charge in [-0.15, -0.1) is 11.3 Å². The first-order valence-corrected chi connectivity index (χ1v) is 6.06. The van der Waals surface area contributed by atoms with Crippen LogP contribution in [0, 0.1) is 0 Å². The lowest BCUT2D eigenvalue weighted by molar-refractivity contribution is 0.178. The molecule has 6 heteroatoms. The molecule has 0 aromatic carbocycles. The summed E-state index contributed by atoms with van der Waals surface area (Å²) >= 11 is 1.31. The Morgan fingerprint density at radius 2 is 2.15 bits per heavy atom. The molecule has 0 amide bonds. The van der Waals surface area contributed by atoms with E-state index in [4.69, 9.17) is 0 Å². The summed E-state index contributed by atoms with van der Waals surface area (Å²) in [6.45, 7) is 0. The number of hydrogen-bond acceptors (Lipinski definition) is 5. The molecule has 0 aliphatic carbocycles. The molecule has 0 radical (unpaired) electrons. The molecule has 74 valence electrons. The molecule has 1 atom stereocenters. The second-order valence-corrected chi connectivity index (χ2v) is 5.57. The van der Waals surface area contributed by atoms with E-state index in [1.807, 2.05) is 0 Å². The van der Waals surface area contributed by atoms with Gasteiger partial charge in [-0.25, -0.2) is 0 Å². The molecule has 0 saturated heterocycles. The Kier molecular flexibility index (Phi) is 3.64. The summed E-state index contributed by atoms with van der Waals surface area (Å²) in [7, 11) is -0.893. The highest BCUT2D eigenvalue weighted by Gasteiger charge is 2.34. The Hall–Kier alpha value is -0.190. The highest BCUT2D eigenvalue weighted by atomic mass is 32.1. The van der Waals surface area contributed by atoms with Gasteiger partial charge in [-0.1, -0.05) is 6.07 Å². The van der Waals surface area contributed by atoms with Gasteiger partial charge in [-0.2, -0.15) is 0 Å². The van der Waals surface area contributed by atoms with Gasteiger partial charge in [0.1, 0.15) is 0 Å². The monoisotopic (exact) mass is 222 g/mol. The molecule has 0 unspecified atom stereocenters. The van der Waals surface area contributed by atoms with Gasteiger partial charge in [0.2, 0.25) is 0 Å². The summed E-state index contributed by atoms with van der Waals surface area (Å²) in [6, 6.07) is 3.44. The van der Waals surface area contributed by atoms with E-state index in [2.05, 4.69) is 9.05 Å². The van der Waals surface area contributed by atoms with Crippen LogP contribution in [0.4, 0.5) is 0 Å². The first kappa shape index (κ1) is 10.9. The summed E-state index contributed by atoms with van der Waals surface area (Å²) < 4.78 is 21.0. The van der Waals surface area contributed by atoms with Crippen molar-refractivity contribution in [2.45, 2.75) is 5.85 Å². The zero-order valence-electron chi connectivity index (χ0n) is 7.34. The molecule has 1 N–H and O–H groups in total. The van der Waals surface area contributed by atoms with Crippen molar-refractivity contribution >= 4 is 18.9 Å². The summed E-state index contributed by atoms with van der Waals surface area (Å²) in [4.78, 5) is 0.576. The third kappa shape index (κ3) is 2.18. The lowest BCUT2D eigenvalue weighted by Crippen LogP contribution is -2.00. The van der Waals surface area contributed by atoms with Gasteiger partial charge >= 0.3 is 7.60 Å². The van der Waals surface area contributed by atoms with Gasteiger partial charge in [-0.05, 0) is 11.4 Å². The summed E-state index contributed by atoms with van der Waals surface area (Å²) in [5.74, 6) is -1.19. The van der Waals surface area contributed by atoms with E-state index in [9.17, 15) is 9.67 Å². The maximum atomic E-state index is 11.7. The van der Waals surface area contributed by atoms with Crippen LogP contribution in [0.1, 0.15) is 10.7 Å². The highest BCUT2D eigenvalue weighted by Crippen LogP contribution is 2.58. The van der Waals surface area contributed by atoms with Crippen LogP contribution in [0.15, 0.2) is 17.5 Å². The average Bonchev–Trinajstić information content (AvgIpc) is 2.68. The van der Waals surface area contributed by atoms with Crippen LogP contribution >= 0.6 is 18.9 Å². The van der Waals surface area contributed by atoms with E-state index >= 15 is 0 Å². The van der Waals surface area contributed by atoms with E-state index in [-0.39, 0.29) is 0 Å². The fourth-order valence-corrected chi connectivity index (χ4v) is 2.98. The molecule has 0 aliphatic rings. The molecule has 0 fully saturated rings. The fraction of sp³-hybridized carbons (Fsp3) is 0.429. The molecule has 1 heterocycles. The van der Waals surface area contributed by atoms with Crippen molar-refractivity contribution in [3.63, 3.8) is 0 Å². The molecule has 0 spiro atoms. The minimum Gasteiger partial charge on any atom is -0.376 e. The van der Waals surface area contributed by atoms with Gasteiger partial charge in [0.25, 0.3) is 0 Å². The second kappa shape index (κ2) is 4.35. The van der Waals surface area contributed by atoms with Gasteiger partial charge in [0, 0.05) is 19.1 Å². The summed E-state index contributed by atoms with van der Waals surface area (Å²) in [5, 5.41) is 11.4. The van der Waals surface area contributed by atoms with Gasteiger partial charge in [-0.3, -0.25) is 4.57 Å². The first-order chi connectivity index (χ1) is 6.14. The van der Waals surface area contributed by atoms with E-state index < -0.39 is 13.4 Å². The predicted octanol–water partition coefficient (Wildman–Crippen LogP) is 2.22. The topological polar surface area (TPSA) is 55.8 Å². The number of aliphatic hydroxyl groups excluding tert-OH is 1. The Labute approximate surface area is 80.7 Å². The number of rotatable bonds is 4. The zero-order valence-corrected chi connectivity index (χ0v) is 9.05. The predicted molar refractivity (Wildman–Crippen MR) is 50.9 cm³/mol. The number of thiophene rings is 1. The normalized spacial score (nSPS) is 14.4. The minimum atomic E-state index is -3.39. The largest absolute Gasteiger partial charge is 0.376 e. The maximum absolute atomic E-state index is 11.7. The van der Waals surface area contributed by atoms with E-state index in [1.165, 1.54) is 25.6 Å².